The molecule has 0 radical (unpaired) electrons. The van der Waals surface area contributed by atoms with Crippen molar-refractivity contribution in [3.8, 4) is 0 Å². The largest absolute Gasteiger partial charge is 0.466 e. The van der Waals surface area contributed by atoms with E-state index in [0.717, 1.165) is 12.8 Å². The molecule has 4 heteroatoms. The second kappa shape index (κ2) is 17.0. The lowest BCUT2D eigenvalue weighted by atomic mass is 10.1. The Morgan fingerprint density at radius 1 is 0.867 bits per heavy atom. The molecule has 0 spiro atoms. The van der Waals surface area contributed by atoms with Crippen LogP contribution in [0.15, 0.2) is 12.2 Å². The molecule has 0 aromatic heterocycles. The molecule has 3 nitrogen and oxygen atoms in total. The Morgan fingerprint density at radius 3 is 1.93 bits per heavy atom. The van der Waals surface area contributed by atoms with Gasteiger partial charge in [0.05, 0.1) is 19.1 Å². The number of carbonyl (C=O) groups excluding carboxylic acids is 1. The maximum atomic E-state index is 12.0. The van der Waals surface area contributed by atoms with Crippen LogP contribution in [0.2, 0.25) is 18.1 Å². The molecule has 178 valence electrons. The second-order valence-electron chi connectivity index (χ2n) is 10.2. The van der Waals surface area contributed by atoms with Gasteiger partial charge in [0.1, 0.15) is 0 Å². The number of hydrogen-bond acceptors (Lipinski definition) is 3. The number of carbonyl (C=O) groups is 1. The van der Waals surface area contributed by atoms with Crippen LogP contribution in [0.25, 0.3) is 0 Å². The molecule has 0 bridgehead atoms. The maximum Gasteiger partial charge on any atom is 0.308 e. The first-order chi connectivity index (χ1) is 14.1. The molecule has 0 saturated heterocycles. The molecule has 0 aromatic rings. The zero-order valence-electron chi connectivity index (χ0n) is 21.4. The summed E-state index contributed by atoms with van der Waals surface area (Å²) in [6.07, 6.45) is 20.2. The zero-order valence-corrected chi connectivity index (χ0v) is 22.4. The highest BCUT2D eigenvalue weighted by Crippen LogP contribution is 2.38. The zero-order chi connectivity index (χ0) is 22.9. The van der Waals surface area contributed by atoms with Crippen molar-refractivity contribution in [3.63, 3.8) is 0 Å². The number of ether oxygens (including phenoxy) is 1. The lowest BCUT2D eigenvalue weighted by molar-refractivity contribution is -0.145. The first kappa shape index (κ1) is 29.4. The molecule has 1 atom stereocenters. The summed E-state index contributed by atoms with van der Waals surface area (Å²) in [6.45, 7) is 15.8. The third-order valence-electron chi connectivity index (χ3n) is 6.26. The third-order valence-corrected chi connectivity index (χ3v) is 10.8. The van der Waals surface area contributed by atoms with Gasteiger partial charge in [-0.3, -0.25) is 4.79 Å². The Morgan fingerprint density at radius 2 is 1.40 bits per heavy atom. The van der Waals surface area contributed by atoms with Crippen molar-refractivity contribution < 1.29 is 14.0 Å². The van der Waals surface area contributed by atoms with Crippen LogP contribution in [0.1, 0.15) is 118 Å². The normalized spacial score (nSPS) is 13.7. The number of allylic oxidation sites excluding steroid dienone is 2. The van der Waals surface area contributed by atoms with E-state index in [1.165, 1.54) is 64.2 Å². The molecule has 0 aliphatic carbocycles. The summed E-state index contributed by atoms with van der Waals surface area (Å²) in [6, 6.07) is 0. The van der Waals surface area contributed by atoms with Crippen LogP contribution in [-0.2, 0) is 14.0 Å². The molecule has 0 fully saturated rings. The Kier molecular flexibility index (Phi) is 16.7. The quantitative estimate of drug-likeness (QED) is 0.0926. The van der Waals surface area contributed by atoms with Crippen LogP contribution in [0.4, 0.5) is 0 Å². The molecule has 0 aliphatic rings. The fourth-order valence-corrected chi connectivity index (χ4v) is 4.68. The van der Waals surface area contributed by atoms with Gasteiger partial charge in [-0.1, -0.05) is 84.8 Å². The van der Waals surface area contributed by atoms with Crippen molar-refractivity contribution in [1.29, 1.82) is 0 Å². The van der Waals surface area contributed by atoms with Crippen molar-refractivity contribution in [2.45, 2.75) is 142 Å². The fraction of sp³-hybridized carbons (Fsp3) is 0.885. The second-order valence-corrected chi connectivity index (χ2v) is 14.9. The van der Waals surface area contributed by atoms with Gasteiger partial charge in [-0.2, -0.15) is 0 Å². The van der Waals surface area contributed by atoms with E-state index < -0.39 is 8.32 Å². The van der Waals surface area contributed by atoms with E-state index in [-0.39, 0.29) is 17.1 Å². The molecule has 0 aliphatic heterocycles. The van der Waals surface area contributed by atoms with Gasteiger partial charge in [0.15, 0.2) is 8.32 Å². The SMILES string of the molecule is CCCCCCCC/C=C\CCCCCC(CC(=O)OCC)O[Si](C)(C)C(C)(C)C. The minimum absolute atomic E-state index is 0.00630. The summed E-state index contributed by atoms with van der Waals surface area (Å²) in [4.78, 5) is 12.0. The van der Waals surface area contributed by atoms with Crippen LogP contribution < -0.4 is 0 Å². The molecular weight excluding hydrogens is 388 g/mol. The number of hydrogen-bond donors (Lipinski definition) is 0. The standard InChI is InChI=1S/C26H52O3Si/c1-8-10-11-12-13-14-15-16-17-18-19-20-21-22-24(23-25(27)28-9-2)29-30(6,7)26(3,4)5/h16-17,24H,8-15,18-23H2,1-7H3/b17-16-. The summed E-state index contributed by atoms with van der Waals surface area (Å²) in [7, 11) is -1.88. The van der Waals surface area contributed by atoms with Gasteiger partial charge in [-0.05, 0) is 57.2 Å². The highest BCUT2D eigenvalue weighted by molar-refractivity contribution is 6.74. The number of unbranched alkanes of at least 4 members (excludes halogenated alkanes) is 9. The molecule has 0 saturated carbocycles. The summed E-state index contributed by atoms with van der Waals surface area (Å²) >= 11 is 0. The smallest absolute Gasteiger partial charge is 0.308 e. The van der Waals surface area contributed by atoms with Crippen molar-refractivity contribution in [3.05, 3.63) is 12.2 Å². The van der Waals surface area contributed by atoms with Gasteiger partial charge in [-0.15, -0.1) is 0 Å². The molecule has 0 amide bonds. The third kappa shape index (κ3) is 15.2. The summed E-state index contributed by atoms with van der Waals surface area (Å²) in [5, 5.41) is 0.153. The highest BCUT2D eigenvalue weighted by atomic mass is 28.4. The van der Waals surface area contributed by atoms with E-state index in [1.807, 2.05) is 6.92 Å². The summed E-state index contributed by atoms with van der Waals surface area (Å²) in [5.41, 5.74) is 0. The Bertz CT molecular complexity index is 452. The van der Waals surface area contributed by atoms with Crippen LogP contribution in [0.3, 0.4) is 0 Å². The van der Waals surface area contributed by atoms with Gasteiger partial charge in [-0.25, -0.2) is 0 Å². The number of rotatable bonds is 18. The van der Waals surface area contributed by atoms with Gasteiger partial charge >= 0.3 is 5.97 Å². The predicted molar refractivity (Wildman–Crippen MR) is 134 cm³/mol. The van der Waals surface area contributed by atoms with Gasteiger partial charge in [0.25, 0.3) is 0 Å². The van der Waals surface area contributed by atoms with E-state index in [4.69, 9.17) is 9.16 Å². The van der Waals surface area contributed by atoms with E-state index in [9.17, 15) is 4.79 Å². The molecule has 0 rings (SSSR count). The van der Waals surface area contributed by atoms with Crippen LogP contribution in [0, 0.1) is 0 Å². The molecule has 0 N–H and O–H groups in total. The average molecular weight is 441 g/mol. The van der Waals surface area contributed by atoms with E-state index in [2.05, 4.69) is 52.9 Å². The highest BCUT2D eigenvalue weighted by Gasteiger charge is 2.39. The average Bonchev–Trinajstić information content (AvgIpc) is 2.64. The van der Waals surface area contributed by atoms with Crippen molar-refractivity contribution in [2.75, 3.05) is 6.61 Å². The van der Waals surface area contributed by atoms with E-state index >= 15 is 0 Å². The number of esters is 1. The van der Waals surface area contributed by atoms with Crippen molar-refractivity contribution >= 4 is 14.3 Å². The fourth-order valence-electron chi connectivity index (χ4n) is 3.29. The molecule has 0 heterocycles. The van der Waals surface area contributed by atoms with E-state index in [0.29, 0.717) is 13.0 Å². The lowest BCUT2D eigenvalue weighted by Crippen LogP contribution is -2.44. The molecule has 1 unspecified atom stereocenters. The molecular formula is C26H52O3Si. The summed E-state index contributed by atoms with van der Waals surface area (Å²) in [5.74, 6) is -0.126. The van der Waals surface area contributed by atoms with Crippen molar-refractivity contribution in [2.24, 2.45) is 0 Å². The lowest BCUT2D eigenvalue weighted by Gasteiger charge is -2.39. The van der Waals surface area contributed by atoms with Gasteiger partial charge in [0, 0.05) is 0 Å². The molecule has 30 heavy (non-hydrogen) atoms. The minimum atomic E-state index is -1.88. The Labute approximate surface area is 189 Å². The monoisotopic (exact) mass is 440 g/mol. The maximum absolute atomic E-state index is 12.0. The Hall–Kier alpha value is -0.613. The van der Waals surface area contributed by atoms with Gasteiger partial charge < -0.3 is 9.16 Å². The summed E-state index contributed by atoms with van der Waals surface area (Å²) < 4.78 is 11.7. The first-order valence-corrected chi connectivity index (χ1v) is 15.5. The Balaban J connectivity index is 4.12. The molecule has 0 aromatic carbocycles. The van der Waals surface area contributed by atoms with Crippen molar-refractivity contribution in [1.82, 2.24) is 0 Å². The van der Waals surface area contributed by atoms with Crippen LogP contribution in [0.5, 0.6) is 0 Å². The van der Waals surface area contributed by atoms with E-state index in [1.54, 1.807) is 0 Å². The first-order valence-electron chi connectivity index (χ1n) is 12.6. The van der Waals surface area contributed by atoms with Gasteiger partial charge in [0.2, 0.25) is 0 Å². The predicted octanol–water partition coefficient (Wildman–Crippen LogP) is 8.59. The van der Waals surface area contributed by atoms with Crippen LogP contribution in [-0.4, -0.2) is 27.0 Å². The van der Waals surface area contributed by atoms with Crippen LogP contribution >= 0.6 is 0 Å². The topological polar surface area (TPSA) is 35.5 Å². The minimum Gasteiger partial charge on any atom is -0.466 e.